The number of nitriles is 1. The summed E-state index contributed by atoms with van der Waals surface area (Å²) in [5.74, 6) is -0.0624. The van der Waals surface area contributed by atoms with E-state index in [1.165, 1.54) is 6.07 Å². The Hall–Kier alpha value is -2.00. The van der Waals surface area contributed by atoms with E-state index in [-0.39, 0.29) is 5.82 Å². The molecule has 0 spiro atoms. The highest BCUT2D eigenvalue weighted by atomic mass is 79.9. The average molecular weight is 321 g/mol. The number of aryl methyl sites for hydroxylation is 1. The zero-order valence-corrected chi connectivity index (χ0v) is 11.9. The number of rotatable bonds is 2. The molecule has 0 aliphatic carbocycles. The van der Waals surface area contributed by atoms with Crippen LogP contribution < -0.4 is 5.32 Å². The van der Waals surface area contributed by atoms with Crippen molar-refractivity contribution in [2.45, 2.75) is 13.8 Å². The summed E-state index contributed by atoms with van der Waals surface area (Å²) in [5, 5.41) is 20.0. The van der Waals surface area contributed by atoms with Crippen LogP contribution in [0, 0.1) is 31.0 Å². The molecule has 0 saturated heterocycles. The first-order chi connectivity index (χ1) is 9.02. The van der Waals surface area contributed by atoms with Gasteiger partial charge in [-0.05, 0) is 53.5 Å². The maximum absolute atomic E-state index is 13.4. The zero-order chi connectivity index (χ0) is 14.0. The van der Waals surface area contributed by atoms with E-state index < -0.39 is 0 Å². The SMILES string of the molecule is Cc1nnc(Nc2ccc(Br)c(F)c2)c(C#N)c1C. The molecule has 1 N–H and O–H groups in total. The van der Waals surface area contributed by atoms with Crippen LogP contribution in [0.4, 0.5) is 15.9 Å². The van der Waals surface area contributed by atoms with Gasteiger partial charge in [0.05, 0.1) is 10.2 Å². The van der Waals surface area contributed by atoms with Crippen LogP contribution in [0.15, 0.2) is 22.7 Å². The van der Waals surface area contributed by atoms with Crippen molar-refractivity contribution in [1.82, 2.24) is 10.2 Å². The lowest BCUT2D eigenvalue weighted by Crippen LogP contribution is -2.03. The molecule has 0 radical (unpaired) electrons. The van der Waals surface area contributed by atoms with Crippen molar-refractivity contribution in [3.63, 3.8) is 0 Å². The van der Waals surface area contributed by atoms with Gasteiger partial charge in [-0.2, -0.15) is 10.4 Å². The largest absolute Gasteiger partial charge is 0.338 e. The number of aromatic nitrogens is 2. The molecule has 2 rings (SSSR count). The summed E-state index contributed by atoms with van der Waals surface area (Å²) in [6, 6.07) is 6.67. The molecule has 0 aliphatic heterocycles. The van der Waals surface area contributed by atoms with Gasteiger partial charge in [-0.15, -0.1) is 5.10 Å². The third kappa shape index (κ3) is 2.71. The van der Waals surface area contributed by atoms with Crippen LogP contribution in [0.1, 0.15) is 16.8 Å². The molecule has 0 amide bonds. The Balaban J connectivity index is 2.41. The number of nitrogens with one attached hydrogen (secondary N) is 1. The molecule has 0 atom stereocenters. The summed E-state index contributed by atoms with van der Waals surface area (Å²) in [4.78, 5) is 0. The van der Waals surface area contributed by atoms with Crippen LogP contribution in [-0.4, -0.2) is 10.2 Å². The second-order valence-electron chi connectivity index (χ2n) is 4.00. The number of hydrogen-bond donors (Lipinski definition) is 1. The molecule has 1 aromatic heterocycles. The van der Waals surface area contributed by atoms with E-state index in [1.54, 1.807) is 26.0 Å². The van der Waals surface area contributed by atoms with Gasteiger partial charge in [-0.25, -0.2) is 4.39 Å². The predicted molar refractivity (Wildman–Crippen MR) is 73.6 cm³/mol. The van der Waals surface area contributed by atoms with Crippen LogP contribution in [-0.2, 0) is 0 Å². The van der Waals surface area contributed by atoms with Gasteiger partial charge in [0.15, 0.2) is 5.82 Å². The summed E-state index contributed by atoms with van der Waals surface area (Å²) >= 11 is 3.08. The molecule has 0 saturated carbocycles. The summed E-state index contributed by atoms with van der Waals surface area (Å²) in [6.07, 6.45) is 0. The quantitative estimate of drug-likeness (QED) is 0.918. The van der Waals surface area contributed by atoms with E-state index in [2.05, 4.69) is 37.5 Å². The minimum Gasteiger partial charge on any atom is -0.338 e. The zero-order valence-electron chi connectivity index (χ0n) is 10.3. The summed E-state index contributed by atoms with van der Waals surface area (Å²) in [5.41, 5.74) is 2.38. The standard InChI is InChI=1S/C13H10BrFN4/c1-7-8(2)18-19-13(10(7)6-16)17-9-3-4-11(14)12(15)5-9/h3-5H,1-2H3,(H,17,19). The van der Waals surface area contributed by atoms with Crippen LogP contribution >= 0.6 is 15.9 Å². The molecule has 2 aromatic rings. The van der Waals surface area contributed by atoms with Gasteiger partial charge in [-0.1, -0.05) is 0 Å². The third-order valence-electron chi connectivity index (χ3n) is 2.75. The minimum absolute atomic E-state index is 0.326. The van der Waals surface area contributed by atoms with Gasteiger partial charge in [0, 0.05) is 5.69 Å². The maximum atomic E-state index is 13.4. The van der Waals surface area contributed by atoms with Gasteiger partial charge >= 0.3 is 0 Å². The molecule has 0 bridgehead atoms. The van der Waals surface area contributed by atoms with E-state index in [0.29, 0.717) is 27.2 Å². The fraction of sp³-hybridized carbons (Fsp3) is 0.154. The Bertz CT molecular complexity index is 679. The van der Waals surface area contributed by atoms with Crippen molar-refractivity contribution in [2.75, 3.05) is 5.32 Å². The number of benzene rings is 1. The van der Waals surface area contributed by atoms with Crippen molar-refractivity contribution >= 4 is 27.4 Å². The van der Waals surface area contributed by atoms with Gasteiger partial charge in [0.25, 0.3) is 0 Å². The van der Waals surface area contributed by atoms with Gasteiger partial charge in [0.1, 0.15) is 17.4 Å². The first kappa shape index (κ1) is 13.4. The molecule has 0 unspecified atom stereocenters. The number of nitrogens with zero attached hydrogens (tertiary/aromatic N) is 3. The second kappa shape index (κ2) is 5.33. The molecule has 1 aromatic carbocycles. The Morgan fingerprint density at radius 2 is 2.05 bits per heavy atom. The first-order valence-electron chi connectivity index (χ1n) is 5.49. The van der Waals surface area contributed by atoms with E-state index >= 15 is 0 Å². The number of anilines is 2. The third-order valence-corrected chi connectivity index (χ3v) is 3.39. The van der Waals surface area contributed by atoms with Crippen LogP contribution in [0.25, 0.3) is 0 Å². The van der Waals surface area contributed by atoms with Gasteiger partial charge in [-0.3, -0.25) is 0 Å². The monoisotopic (exact) mass is 320 g/mol. The normalized spacial score (nSPS) is 10.1. The summed E-state index contributed by atoms with van der Waals surface area (Å²) in [7, 11) is 0. The molecule has 0 fully saturated rings. The maximum Gasteiger partial charge on any atom is 0.171 e. The van der Waals surface area contributed by atoms with Crippen molar-refractivity contribution in [3.05, 3.63) is 45.3 Å². The Morgan fingerprint density at radius 3 is 2.68 bits per heavy atom. The van der Waals surface area contributed by atoms with E-state index in [1.807, 2.05) is 0 Å². The van der Waals surface area contributed by atoms with Crippen molar-refractivity contribution in [2.24, 2.45) is 0 Å². The molecule has 96 valence electrons. The van der Waals surface area contributed by atoms with Gasteiger partial charge < -0.3 is 5.32 Å². The van der Waals surface area contributed by atoms with Crippen molar-refractivity contribution in [1.29, 1.82) is 5.26 Å². The highest BCUT2D eigenvalue weighted by molar-refractivity contribution is 9.10. The first-order valence-corrected chi connectivity index (χ1v) is 6.28. The lowest BCUT2D eigenvalue weighted by Gasteiger charge is -2.09. The van der Waals surface area contributed by atoms with E-state index in [4.69, 9.17) is 5.26 Å². The van der Waals surface area contributed by atoms with E-state index in [9.17, 15) is 4.39 Å². The molecule has 0 aliphatic rings. The van der Waals surface area contributed by atoms with Gasteiger partial charge in [0.2, 0.25) is 0 Å². The van der Waals surface area contributed by atoms with Crippen molar-refractivity contribution < 1.29 is 4.39 Å². The topological polar surface area (TPSA) is 61.6 Å². The summed E-state index contributed by atoms with van der Waals surface area (Å²) in [6.45, 7) is 3.59. The summed E-state index contributed by atoms with van der Waals surface area (Å²) < 4.78 is 13.8. The molecular formula is C13H10BrFN4. The Labute approximate surface area is 118 Å². The highest BCUT2D eigenvalue weighted by Crippen LogP contribution is 2.24. The smallest absolute Gasteiger partial charge is 0.171 e. The van der Waals surface area contributed by atoms with Crippen LogP contribution in [0.3, 0.4) is 0 Å². The lowest BCUT2D eigenvalue weighted by atomic mass is 10.1. The molecule has 4 nitrogen and oxygen atoms in total. The van der Waals surface area contributed by atoms with Crippen molar-refractivity contribution in [3.8, 4) is 6.07 Å². The van der Waals surface area contributed by atoms with Crippen LogP contribution in [0.5, 0.6) is 0 Å². The predicted octanol–water partition coefficient (Wildman–Crippen LogP) is 3.61. The molecular weight excluding hydrogens is 311 g/mol. The highest BCUT2D eigenvalue weighted by Gasteiger charge is 2.11. The lowest BCUT2D eigenvalue weighted by molar-refractivity contribution is 0.622. The Morgan fingerprint density at radius 1 is 1.32 bits per heavy atom. The fourth-order valence-corrected chi connectivity index (χ4v) is 1.79. The number of halogens is 2. The number of hydrogen-bond acceptors (Lipinski definition) is 4. The fourth-order valence-electron chi connectivity index (χ4n) is 1.54. The minimum atomic E-state index is -0.389. The molecule has 6 heteroatoms. The van der Waals surface area contributed by atoms with Crippen LogP contribution in [0.2, 0.25) is 0 Å². The Kier molecular flexibility index (Phi) is 3.76. The average Bonchev–Trinajstić information content (AvgIpc) is 2.39. The van der Waals surface area contributed by atoms with E-state index in [0.717, 1.165) is 5.56 Å². The molecule has 1 heterocycles. The molecule has 19 heavy (non-hydrogen) atoms. The second-order valence-corrected chi connectivity index (χ2v) is 4.85.